The first-order valence-electron chi connectivity index (χ1n) is 13.8. The average Bonchev–Trinajstić information content (AvgIpc) is 3.23. The van der Waals surface area contributed by atoms with Crippen LogP contribution in [-0.2, 0) is 21.5 Å². The SMILES string of the molecule is CCOC(=O)CCCOc1c(OC)cc(C(=O)CN2Cc3cc(OCC)c(C(=O)NC)cc3C2=N)cc1C(C)(C)C. The Hall–Kier alpha value is -4.08. The summed E-state index contributed by atoms with van der Waals surface area (Å²) in [4.78, 5) is 39.4. The van der Waals surface area contributed by atoms with E-state index in [1.165, 1.54) is 7.11 Å². The topological polar surface area (TPSA) is 127 Å². The van der Waals surface area contributed by atoms with E-state index in [1.807, 2.05) is 33.8 Å². The summed E-state index contributed by atoms with van der Waals surface area (Å²) in [6.45, 7) is 11.0. The number of rotatable bonds is 13. The van der Waals surface area contributed by atoms with Crippen molar-refractivity contribution in [1.82, 2.24) is 10.2 Å². The van der Waals surface area contributed by atoms with Crippen molar-refractivity contribution in [1.29, 1.82) is 5.41 Å². The molecular formula is C31H41N3O7. The molecule has 0 spiro atoms. The van der Waals surface area contributed by atoms with E-state index in [9.17, 15) is 14.4 Å². The van der Waals surface area contributed by atoms with E-state index in [2.05, 4.69) is 5.32 Å². The monoisotopic (exact) mass is 567 g/mol. The number of amidine groups is 1. The fraction of sp³-hybridized carbons (Fsp3) is 0.484. The van der Waals surface area contributed by atoms with Crippen LogP contribution in [0.15, 0.2) is 24.3 Å². The number of benzene rings is 2. The summed E-state index contributed by atoms with van der Waals surface area (Å²) in [5.41, 5.74) is 2.63. The number of hydrogen-bond acceptors (Lipinski definition) is 8. The predicted molar refractivity (Wildman–Crippen MR) is 156 cm³/mol. The average molecular weight is 568 g/mol. The van der Waals surface area contributed by atoms with Crippen molar-refractivity contribution in [2.45, 2.75) is 59.4 Å². The van der Waals surface area contributed by atoms with E-state index in [-0.39, 0.29) is 48.5 Å². The van der Waals surface area contributed by atoms with Crippen molar-refractivity contribution in [2.24, 2.45) is 0 Å². The molecule has 1 heterocycles. The number of nitrogens with zero attached hydrogens (tertiary/aromatic N) is 1. The van der Waals surface area contributed by atoms with Gasteiger partial charge in [-0.25, -0.2) is 0 Å². The zero-order valence-electron chi connectivity index (χ0n) is 25.1. The minimum atomic E-state index is -0.372. The van der Waals surface area contributed by atoms with Gasteiger partial charge in [-0.3, -0.25) is 19.8 Å². The molecule has 0 aliphatic carbocycles. The molecule has 0 atom stereocenters. The van der Waals surface area contributed by atoms with Crippen molar-refractivity contribution < 1.29 is 33.3 Å². The molecular weight excluding hydrogens is 526 g/mol. The standard InChI is InChI=1S/C31H41N3O7/c1-8-39-25-15-20-17-34(29(32)21(20)16-22(25)30(37)33-6)18-24(35)19-13-23(31(3,4)5)28(26(14-19)38-7)41-12-10-11-27(36)40-9-2/h13-16,32H,8-12,17-18H2,1-7H3,(H,33,37). The van der Waals surface area contributed by atoms with Gasteiger partial charge in [0.2, 0.25) is 0 Å². The molecule has 0 saturated carbocycles. The Balaban J connectivity index is 1.84. The van der Waals surface area contributed by atoms with Crippen LogP contribution >= 0.6 is 0 Å². The van der Waals surface area contributed by atoms with E-state index >= 15 is 0 Å². The van der Waals surface area contributed by atoms with Crippen molar-refractivity contribution in [3.8, 4) is 17.2 Å². The number of Topliss-reactive ketones (excluding diaryl/α,β-unsaturated/α-hetero) is 1. The molecule has 0 aromatic heterocycles. The normalized spacial score (nSPS) is 12.6. The molecule has 2 aromatic carbocycles. The molecule has 222 valence electrons. The minimum absolute atomic E-state index is 0.0285. The summed E-state index contributed by atoms with van der Waals surface area (Å²) in [6.07, 6.45) is 0.731. The van der Waals surface area contributed by atoms with Crippen LogP contribution in [0.1, 0.15) is 84.9 Å². The van der Waals surface area contributed by atoms with Gasteiger partial charge < -0.3 is 29.2 Å². The van der Waals surface area contributed by atoms with E-state index in [4.69, 9.17) is 24.4 Å². The van der Waals surface area contributed by atoms with Gasteiger partial charge >= 0.3 is 5.97 Å². The molecule has 0 unspecified atom stereocenters. The first kappa shape index (κ1) is 31.4. The maximum atomic E-state index is 13.6. The lowest BCUT2D eigenvalue weighted by atomic mass is 9.84. The second-order valence-electron chi connectivity index (χ2n) is 10.7. The van der Waals surface area contributed by atoms with Crippen LogP contribution in [0.3, 0.4) is 0 Å². The zero-order valence-corrected chi connectivity index (χ0v) is 25.1. The van der Waals surface area contributed by atoms with Crippen LogP contribution in [0.2, 0.25) is 0 Å². The van der Waals surface area contributed by atoms with Crippen LogP contribution in [0.5, 0.6) is 17.2 Å². The molecule has 0 saturated heterocycles. The Labute approximate surface area is 241 Å². The number of methoxy groups -OCH3 is 1. The Kier molecular flexibility index (Phi) is 10.4. The number of ketones is 1. The molecule has 1 amide bonds. The van der Waals surface area contributed by atoms with Crippen LogP contribution in [0.4, 0.5) is 0 Å². The maximum absolute atomic E-state index is 13.6. The fourth-order valence-corrected chi connectivity index (χ4v) is 4.66. The Morgan fingerprint density at radius 3 is 2.37 bits per heavy atom. The van der Waals surface area contributed by atoms with Crippen molar-refractivity contribution in [3.05, 3.63) is 52.1 Å². The molecule has 0 bridgehead atoms. The first-order chi connectivity index (χ1) is 19.4. The molecule has 1 aliphatic heterocycles. The largest absolute Gasteiger partial charge is 0.493 e. The number of hydrogen-bond donors (Lipinski definition) is 2. The number of carbonyl (C=O) groups excluding carboxylic acids is 3. The summed E-state index contributed by atoms with van der Waals surface area (Å²) < 4.78 is 22.4. The molecule has 10 nitrogen and oxygen atoms in total. The molecule has 0 fully saturated rings. The van der Waals surface area contributed by atoms with Gasteiger partial charge in [0, 0.05) is 36.7 Å². The molecule has 3 rings (SSSR count). The Morgan fingerprint density at radius 2 is 1.76 bits per heavy atom. The summed E-state index contributed by atoms with van der Waals surface area (Å²) in [6, 6.07) is 6.90. The lowest BCUT2D eigenvalue weighted by Gasteiger charge is -2.26. The van der Waals surface area contributed by atoms with E-state index in [1.54, 1.807) is 37.1 Å². The highest BCUT2D eigenvalue weighted by Crippen LogP contribution is 2.40. The van der Waals surface area contributed by atoms with E-state index in [0.29, 0.717) is 60.1 Å². The van der Waals surface area contributed by atoms with Gasteiger partial charge in [0.15, 0.2) is 17.3 Å². The summed E-state index contributed by atoms with van der Waals surface area (Å²) in [5.74, 6) is 0.823. The van der Waals surface area contributed by atoms with Crippen molar-refractivity contribution in [2.75, 3.05) is 40.5 Å². The third kappa shape index (κ3) is 7.36. The van der Waals surface area contributed by atoms with E-state index < -0.39 is 0 Å². The molecule has 0 radical (unpaired) electrons. The molecule has 2 aromatic rings. The van der Waals surface area contributed by atoms with Gasteiger partial charge in [0.05, 0.1) is 39.0 Å². The fourth-order valence-electron chi connectivity index (χ4n) is 4.66. The number of amides is 1. The lowest BCUT2D eigenvalue weighted by Crippen LogP contribution is -2.30. The summed E-state index contributed by atoms with van der Waals surface area (Å²) in [7, 11) is 3.07. The number of esters is 1. The molecule has 10 heteroatoms. The lowest BCUT2D eigenvalue weighted by molar-refractivity contribution is -0.143. The van der Waals surface area contributed by atoms with Gasteiger partial charge in [-0.15, -0.1) is 0 Å². The van der Waals surface area contributed by atoms with Crippen molar-refractivity contribution >= 4 is 23.5 Å². The van der Waals surface area contributed by atoms with Gasteiger partial charge in [0.25, 0.3) is 5.91 Å². The van der Waals surface area contributed by atoms with Crippen LogP contribution in [0, 0.1) is 5.41 Å². The first-order valence-corrected chi connectivity index (χ1v) is 13.8. The molecule has 1 aliphatic rings. The highest BCUT2D eigenvalue weighted by molar-refractivity contribution is 6.07. The number of carbonyl (C=O) groups is 3. The van der Waals surface area contributed by atoms with Gasteiger partial charge in [-0.2, -0.15) is 0 Å². The number of nitrogens with one attached hydrogen (secondary N) is 2. The van der Waals surface area contributed by atoms with Crippen LogP contribution < -0.4 is 19.5 Å². The van der Waals surface area contributed by atoms with E-state index in [0.717, 1.165) is 11.1 Å². The van der Waals surface area contributed by atoms with Crippen LogP contribution in [-0.4, -0.2) is 68.9 Å². The Bertz CT molecular complexity index is 1310. The number of fused-ring (bicyclic) bond motifs is 1. The maximum Gasteiger partial charge on any atom is 0.305 e. The quantitative estimate of drug-likeness (QED) is 0.206. The minimum Gasteiger partial charge on any atom is -0.493 e. The summed E-state index contributed by atoms with van der Waals surface area (Å²) in [5, 5.41) is 11.3. The predicted octanol–water partition coefficient (Wildman–Crippen LogP) is 4.50. The van der Waals surface area contributed by atoms with Crippen LogP contribution in [0.25, 0.3) is 0 Å². The van der Waals surface area contributed by atoms with Gasteiger partial charge in [0.1, 0.15) is 11.6 Å². The van der Waals surface area contributed by atoms with Gasteiger partial charge in [-0.05, 0) is 55.5 Å². The molecule has 41 heavy (non-hydrogen) atoms. The zero-order chi connectivity index (χ0) is 30.3. The smallest absolute Gasteiger partial charge is 0.305 e. The van der Waals surface area contributed by atoms with Gasteiger partial charge in [-0.1, -0.05) is 20.8 Å². The molecule has 2 N–H and O–H groups in total. The highest BCUT2D eigenvalue weighted by Gasteiger charge is 2.31. The number of ether oxygens (including phenoxy) is 4. The highest BCUT2D eigenvalue weighted by atomic mass is 16.5. The third-order valence-electron chi connectivity index (χ3n) is 6.73. The second kappa shape index (κ2) is 13.5. The summed E-state index contributed by atoms with van der Waals surface area (Å²) >= 11 is 0. The second-order valence-corrected chi connectivity index (χ2v) is 10.7. The third-order valence-corrected chi connectivity index (χ3v) is 6.73. The Morgan fingerprint density at radius 1 is 1.02 bits per heavy atom. The van der Waals surface area contributed by atoms with Crippen molar-refractivity contribution in [3.63, 3.8) is 0 Å².